The highest BCUT2D eigenvalue weighted by atomic mass is 32.2. The van der Waals surface area contributed by atoms with Crippen LogP contribution in [-0.4, -0.2) is 31.8 Å². The lowest BCUT2D eigenvalue weighted by molar-refractivity contribution is -0.145. The van der Waals surface area contributed by atoms with E-state index in [0.29, 0.717) is 6.54 Å². The zero-order valence-electron chi connectivity index (χ0n) is 9.57. The molecule has 6 heteroatoms. The predicted molar refractivity (Wildman–Crippen MR) is 58.0 cm³/mol. The van der Waals surface area contributed by atoms with Crippen molar-refractivity contribution in [3.63, 3.8) is 0 Å². The van der Waals surface area contributed by atoms with Gasteiger partial charge >= 0.3 is 5.97 Å². The molecule has 0 aromatic rings. The van der Waals surface area contributed by atoms with Gasteiger partial charge in [-0.1, -0.05) is 13.8 Å². The summed E-state index contributed by atoms with van der Waals surface area (Å²) in [6.45, 7) is 6.88. The average molecular weight is 237 g/mol. The maximum absolute atomic E-state index is 11.5. The minimum atomic E-state index is -3.51. The molecule has 2 N–H and O–H groups in total. The first-order valence-corrected chi connectivity index (χ1v) is 6.43. The van der Waals surface area contributed by atoms with E-state index < -0.39 is 27.2 Å². The molecule has 0 aliphatic carbocycles. The van der Waals surface area contributed by atoms with Crippen molar-refractivity contribution in [3.8, 4) is 0 Å². The Balaban J connectivity index is 4.45. The normalized spacial score (nSPS) is 13.1. The van der Waals surface area contributed by atoms with Gasteiger partial charge in [0.25, 0.3) is 0 Å². The molecule has 0 spiro atoms. The van der Waals surface area contributed by atoms with Crippen LogP contribution in [0.2, 0.25) is 0 Å². The van der Waals surface area contributed by atoms with Crippen LogP contribution in [0, 0.1) is 11.3 Å². The standard InChI is InChI=1S/C9H19NO4S/c1-7(2)5-10-15(13,14)6-9(3,4)8(11)12/h7,10H,5-6H2,1-4H3,(H,11,12). The molecule has 0 saturated carbocycles. The van der Waals surface area contributed by atoms with Crippen molar-refractivity contribution in [1.82, 2.24) is 4.72 Å². The van der Waals surface area contributed by atoms with Gasteiger partial charge < -0.3 is 5.11 Å². The smallest absolute Gasteiger partial charge is 0.310 e. The second kappa shape index (κ2) is 4.94. The van der Waals surface area contributed by atoms with Gasteiger partial charge in [0.05, 0.1) is 11.2 Å². The Morgan fingerprint density at radius 2 is 1.87 bits per heavy atom. The second-order valence-corrected chi connectivity index (χ2v) is 6.50. The Morgan fingerprint density at radius 3 is 2.20 bits per heavy atom. The van der Waals surface area contributed by atoms with Gasteiger partial charge in [-0.15, -0.1) is 0 Å². The highest BCUT2D eigenvalue weighted by Crippen LogP contribution is 2.17. The third-order valence-corrected chi connectivity index (χ3v) is 3.55. The molecule has 0 aliphatic rings. The van der Waals surface area contributed by atoms with Gasteiger partial charge in [0, 0.05) is 6.54 Å². The molecule has 0 aromatic carbocycles. The SMILES string of the molecule is CC(C)CNS(=O)(=O)CC(C)(C)C(=O)O. The summed E-state index contributed by atoms with van der Waals surface area (Å²) in [5.74, 6) is -1.31. The van der Waals surface area contributed by atoms with Gasteiger partial charge in [0.1, 0.15) is 0 Å². The average Bonchev–Trinajstić information content (AvgIpc) is 1.99. The fraction of sp³-hybridized carbons (Fsp3) is 0.889. The first kappa shape index (κ1) is 14.4. The molecule has 5 nitrogen and oxygen atoms in total. The molecule has 0 aromatic heterocycles. The largest absolute Gasteiger partial charge is 0.481 e. The van der Waals surface area contributed by atoms with Crippen molar-refractivity contribution in [2.24, 2.45) is 11.3 Å². The molecule has 0 bridgehead atoms. The summed E-state index contributed by atoms with van der Waals surface area (Å²) in [6.07, 6.45) is 0. The molecule has 0 rings (SSSR count). The Bertz CT molecular complexity index is 319. The van der Waals surface area contributed by atoms with Gasteiger partial charge in [-0.2, -0.15) is 0 Å². The van der Waals surface area contributed by atoms with Crippen molar-refractivity contribution in [2.45, 2.75) is 27.7 Å². The fourth-order valence-electron chi connectivity index (χ4n) is 0.881. The molecular weight excluding hydrogens is 218 g/mol. The van der Waals surface area contributed by atoms with Crippen LogP contribution < -0.4 is 4.72 Å². The van der Waals surface area contributed by atoms with Gasteiger partial charge in [-0.05, 0) is 19.8 Å². The van der Waals surface area contributed by atoms with Crippen molar-refractivity contribution >= 4 is 16.0 Å². The van der Waals surface area contributed by atoms with E-state index in [4.69, 9.17) is 5.11 Å². The molecular formula is C9H19NO4S. The fourth-order valence-corrected chi connectivity index (χ4v) is 2.64. The number of aliphatic carboxylic acids is 1. The van der Waals surface area contributed by atoms with E-state index in [1.54, 1.807) is 0 Å². The topological polar surface area (TPSA) is 83.5 Å². The van der Waals surface area contributed by atoms with Crippen LogP contribution in [0.15, 0.2) is 0 Å². The number of carboxylic acid groups (broad SMARTS) is 1. The number of carboxylic acids is 1. The Labute approximate surface area is 90.9 Å². The van der Waals surface area contributed by atoms with Crippen molar-refractivity contribution in [1.29, 1.82) is 0 Å². The van der Waals surface area contributed by atoms with E-state index in [0.717, 1.165) is 0 Å². The summed E-state index contributed by atoms with van der Waals surface area (Å²) >= 11 is 0. The zero-order valence-corrected chi connectivity index (χ0v) is 10.4. The van der Waals surface area contributed by atoms with Crippen LogP contribution in [0.5, 0.6) is 0 Å². The third kappa shape index (κ3) is 5.74. The quantitative estimate of drug-likeness (QED) is 0.711. The molecule has 0 atom stereocenters. The van der Waals surface area contributed by atoms with Gasteiger partial charge in [0.15, 0.2) is 0 Å². The molecule has 0 amide bonds. The number of hydrogen-bond acceptors (Lipinski definition) is 3. The zero-order chi connectivity index (χ0) is 12.3. The van der Waals surface area contributed by atoms with Crippen molar-refractivity contribution in [2.75, 3.05) is 12.3 Å². The number of sulfonamides is 1. The first-order chi connectivity index (χ1) is 6.57. The summed E-state index contributed by atoms with van der Waals surface area (Å²) in [5.41, 5.74) is -1.26. The van der Waals surface area contributed by atoms with Crippen LogP contribution >= 0.6 is 0 Å². The monoisotopic (exact) mass is 237 g/mol. The van der Waals surface area contributed by atoms with E-state index in [9.17, 15) is 13.2 Å². The molecule has 0 saturated heterocycles. The lowest BCUT2D eigenvalue weighted by Crippen LogP contribution is -2.39. The lowest BCUT2D eigenvalue weighted by atomic mass is 9.97. The first-order valence-electron chi connectivity index (χ1n) is 4.77. The number of nitrogens with one attached hydrogen (secondary N) is 1. The number of carbonyl (C=O) groups is 1. The van der Waals surface area contributed by atoms with E-state index in [1.165, 1.54) is 13.8 Å². The highest BCUT2D eigenvalue weighted by Gasteiger charge is 2.33. The van der Waals surface area contributed by atoms with Crippen LogP contribution in [0.1, 0.15) is 27.7 Å². The number of hydrogen-bond donors (Lipinski definition) is 2. The second-order valence-electron chi connectivity index (χ2n) is 4.69. The summed E-state index contributed by atoms with van der Waals surface area (Å²) in [4.78, 5) is 10.7. The maximum Gasteiger partial charge on any atom is 0.310 e. The van der Waals surface area contributed by atoms with E-state index >= 15 is 0 Å². The van der Waals surface area contributed by atoms with Crippen molar-refractivity contribution in [3.05, 3.63) is 0 Å². The molecule has 0 radical (unpaired) electrons. The van der Waals surface area contributed by atoms with E-state index in [2.05, 4.69) is 4.72 Å². The minimum absolute atomic E-state index is 0.202. The summed E-state index contributed by atoms with van der Waals surface area (Å²) in [6, 6.07) is 0. The van der Waals surface area contributed by atoms with E-state index in [-0.39, 0.29) is 5.92 Å². The summed E-state index contributed by atoms with van der Waals surface area (Å²) in [5, 5.41) is 8.79. The molecule has 0 unspecified atom stereocenters. The van der Waals surface area contributed by atoms with Crippen LogP contribution in [0.4, 0.5) is 0 Å². The minimum Gasteiger partial charge on any atom is -0.481 e. The Morgan fingerprint density at radius 1 is 1.40 bits per heavy atom. The molecule has 0 heterocycles. The Kier molecular flexibility index (Phi) is 4.73. The molecule has 0 fully saturated rings. The summed E-state index contributed by atoms with van der Waals surface area (Å²) in [7, 11) is -3.51. The predicted octanol–water partition coefficient (Wildman–Crippen LogP) is 0.673. The molecule has 90 valence electrons. The van der Waals surface area contributed by atoms with Gasteiger partial charge in [0.2, 0.25) is 10.0 Å². The van der Waals surface area contributed by atoms with Crippen LogP contribution in [0.3, 0.4) is 0 Å². The Hall–Kier alpha value is -0.620. The lowest BCUT2D eigenvalue weighted by Gasteiger charge is -2.19. The van der Waals surface area contributed by atoms with Crippen LogP contribution in [0.25, 0.3) is 0 Å². The van der Waals surface area contributed by atoms with Gasteiger partial charge in [-0.25, -0.2) is 13.1 Å². The highest BCUT2D eigenvalue weighted by molar-refractivity contribution is 7.89. The van der Waals surface area contributed by atoms with Crippen molar-refractivity contribution < 1.29 is 18.3 Å². The summed E-state index contributed by atoms with van der Waals surface area (Å²) < 4.78 is 25.3. The van der Waals surface area contributed by atoms with Crippen LogP contribution in [-0.2, 0) is 14.8 Å². The molecule has 15 heavy (non-hydrogen) atoms. The number of rotatable bonds is 6. The van der Waals surface area contributed by atoms with E-state index in [1.807, 2.05) is 13.8 Å². The molecule has 0 aliphatic heterocycles. The van der Waals surface area contributed by atoms with Gasteiger partial charge in [-0.3, -0.25) is 4.79 Å². The third-order valence-electron chi connectivity index (χ3n) is 1.84. The maximum atomic E-state index is 11.5.